The molecule has 0 aliphatic rings. The summed E-state index contributed by atoms with van der Waals surface area (Å²) in [6.45, 7) is 3.63. The fourth-order valence-electron chi connectivity index (χ4n) is 1.37. The summed E-state index contributed by atoms with van der Waals surface area (Å²) in [6.07, 6.45) is 1.78. The van der Waals surface area contributed by atoms with Gasteiger partial charge in [-0.3, -0.25) is 4.79 Å². The lowest BCUT2D eigenvalue weighted by atomic mass is 10.5. The second-order valence-corrected chi connectivity index (χ2v) is 7.35. The second kappa shape index (κ2) is 7.18. The topological polar surface area (TPSA) is 76.6 Å². The number of hydrogen-bond donors (Lipinski definition) is 0. The molecule has 0 aliphatic heterocycles. The van der Waals surface area contributed by atoms with Crippen LogP contribution in [0.25, 0.3) is 0 Å². The summed E-state index contributed by atoms with van der Waals surface area (Å²) < 4.78 is 30.6. The third-order valence-corrected chi connectivity index (χ3v) is 5.53. The first-order valence-corrected chi connectivity index (χ1v) is 8.32. The Morgan fingerprint density at radius 3 is 2.68 bits per heavy atom. The Morgan fingerprint density at radius 1 is 1.53 bits per heavy atom. The first-order chi connectivity index (χ1) is 8.91. The molecule has 0 atom stereocenters. The zero-order chi connectivity index (χ0) is 14.5. The monoisotopic (exact) mass is 326 g/mol. The normalized spacial score (nSPS) is 11.8. The van der Waals surface area contributed by atoms with Gasteiger partial charge in [0.1, 0.15) is 6.54 Å². The van der Waals surface area contributed by atoms with Crippen LogP contribution >= 0.6 is 22.9 Å². The molecule has 0 radical (unpaired) electrons. The maximum atomic E-state index is 12.3. The summed E-state index contributed by atoms with van der Waals surface area (Å²) in [5.41, 5.74) is 0. The summed E-state index contributed by atoms with van der Waals surface area (Å²) in [7, 11) is -3.75. The number of aromatic nitrogens is 1. The van der Waals surface area contributed by atoms with Crippen LogP contribution in [0.5, 0.6) is 0 Å². The molecule has 0 amide bonds. The predicted molar refractivity (Wildman–Crippen MR) is 72.8 cm³/mol. The number of ether oxygens (including phenoxy) is 1. The van der Waals surface area contributed by atoms with Gasteiger partial charge >= 0.3 is 5.97 Å². The van der Waals surface area contributed by atoms with E-state index in [-0.39, 0.29) is 28.4 Å². The first kappa shape index (κ1) is 16.4. The third-order valence-electron chi connectivity index (χ3n) is 2.13. The Bertz CT molecular complexity index is 529. The largest absolute Gasteiger partial charge is 0.465 e. The fourth-order valence-corrected chi connectivity index (χ4v) is 4.30. The highest BCUT2D eigenvalue weighted by atomic mass is 35.5. The molecule has 1 heterocycles. The van der Waals surface area contributed by atoms with Gasteiger partial charge in [0.15, 0.2) is 8.68 Å². The van der Waals surface area contributed by atoms with E-state index >= 15 is 0 Å². The van der Waals surface area contributed by atoms with Crippen LogP contribution in [0.15, 0.2) is 10.4 Å². The lowest BCUT2D eigenvalue weighted by Crippen LogP contribution is -2.36. The van der Waals surface area contributed by atoms with Crippen molar-refractivity contribution >= 4 is 38.9 Å². The van der Waals surface area contributed by atoms with Crippen molar-refractivity contribution in [2.45, 2.75) is 24.5 Å². The fraction of sp³-hybridized carbons (Fsp3) is 0.600. The van der Waals surface area contributed by atoms with Crippen LogP contribution < -0.4 is 0 Å². The van der Waals surface area contributed by atoms with E-state index in [1.165, 1.54) is 6.20 Å². The smallest absolute Gasteiger partial charge is 0.321 e. The van der Waals surface area contributed by atoms with Crippen molar-refractivity contribution in [1.29, 1.82) is 0 Å². The highest BCUT2D eigenvalue weighted by Crippen LogP contribution is 2.25. The maximum absolute atomic E-state index is 12.3. The quantitative estimate of drug-likeness (QED) is 0.714. The van der Waals surface area contributed by atoms with Crippen molar-refractivity contribution in [3.05, 3.63) is 10.7 Å². The van der Waals surface area contributed by atoms with Crippen LogP contribution in [0, 0.1) is 0 Å². The predicted octanol–water partition coefficient (Wildman–Crippen LogP) is 1.76. The Hall–Kier alpha value is -0.700. The van der Waals surface area contributed by atoms with Crippen LogP contribution in [-0.4, -0.2) is 43.4 Å². The number of rotatable bonds is 7. The minimum absolute atomic E-state index is 0.0234. The van der Waals surface area contributed by atoms with Crippen molar-refractivity contribution in [2.24, 2.45) is 0 Å². The lowest BCUT2D eigenvalue weighted by Gasteiger charge is -2.19. The third kappa shape index (κ3) is 4.41. The van der Waals surface area contributed by atoms with Gasteiger partial charge in [-0.1, -0.05) is 29.9 Å². The SMILES string of the molecule is CCCN(CC(=O)OCC)S(=O)(=O)c1cnc(Cl)s1. The number of esters is 1. The molecule has 0 aromatic carbocycles. The summed E-state index contributed by atoms with van der Waals surface area (Å²) in [6, 6.07) is 0. The summed E-state index contributed by atoms with van der Waals surface area (Å²) in [5, 5.41) is 0. The molecule has 0 N–H and O–H groups in total. The van der Waals surface area contributed by atoms with Crippen LogP contribution in [0.3, 0.4) is 0 Å². The Balaban J connectivity index is 2.94. The number of hydrogen-bond acceptors (Lipinski definition) is 6. The van der Waals surface area contributed by atoms with Gasteiger partial charge in [-0.05, 0) is 13.3 Å². The number of carbonyl (C=O) groups is 1. The van der Waals surface area contributed by atoms with Gasteiger partial charge in [-0.25, -0.2) is 13.4 Å². The molecule has 0 saturated carbocycles. The van der Waals surface area contributed by atoms with Crippen molar-refractivity contribution in [3.8, 4) is 0 Å². The molecule has 0 fully saturated rings. The van der Waals surface area contributed by atoms with Crippen molar-refractivity contribution in [3.63, 3.8) is 0 Å². The van der Waals surface area contributed by atoms with Crippen LogP contribution in [-0.2, 0) is 19.6 Å². The molecule has 1 rings (SSSR count). The summed E-state index contributed by atoms with van der Waals surface area (Å²) >= 11 is 6.50. The average molecular weight is 327 g/mol. The average Bonchev–Trinajstić information content (AvgIpc) is 2.76. The van der Waals surface area contributed by atoms with Gasteiger partial charge in [0, 0.05) is 6.54 Å². The van der Waals surface area contributed by atoms with E-state index in [0.717, 1.165) is 15.6 Å². The molecular weight excluding hydrogens is 312 g/mol. The van der Waals surface area contributed by atoms with Crippen LogP contribution in [0.1, 0.15) is 20.3 Å². The molecule has 0 bridgehead atoms. The van der Waals surface area contributed by atoms with Gasteiger partial charge in [0.2, 0.25) is 0 Å². The summed E-state index contributed by atoms with van der Waals surface area (Å²) in [5.74, 6) is -0.574. The number of nitrogens with zero attached hydrogens (tertiary/aromatic N) is 2. The lowest BCUT2D eigenvalue weighted by molar-refractivity contribution is -0.143. The summed E-state index contributed by atoms with van der Waals surface area (Å²) in [4.78, 5) is 15.1. The van der Waals surface area contributed by atoms with E-state index in [2.05, 4.69) is 4.98 Å². The molecule has 0 aliphatic carbocycles. The van der Waals surface area contributed by atoms with E-state index in [4.69, 9.17) is 16.3 Å². The molecule has 6 nitrogen and oxygen atoms in total. The standard InChI is InChI=1S/C10H15ClN2O4S2/c1-3-5-13(7-8(14)17-4-2)19(15,16)9-6-12-10(11)18-9/h6H,3-5,7H2,1-2H3. The zero-order valence-corrected chi connectivity index (χ0v) is 13.0. The highest BCUT2D eigenvalue weighted by Gasteiger charge is 2.28. The number of carbonyl (C=O) groups excluding carboxylic acids is 1. The molecule has 0 saturated heterocycles. The van der Waals surface area contributed by atoms with Gasteiger partial charge in [-0.2, -0.15) is 4.31 Å². The Kier molecular flexibility index (Phi) is 6.18. The molecular formula is C10H15ClN2O4S2. The minimum Gasteiger partial charge on any atom is -0.465 e. The molecule has 1 aromatic rings. The van der Waals surface area contributed by atoms with E-state index in [1.54, 1.807) is 6.92 Å². The molecule has 108 valence electrons. The van der Waals surface area contributed by atoms with Crippen molar-refractivity contribution < 1.29 is 17.9 Å². The number of thiazole rings is 1. The maximum Gasteiger partial charge on any atom is 0.321 e. The second-order valence-electron chi connectivity index (χ2n) is 3.58. The Morgan fingerprint density at radius 2 is 2.21 bits per heavy atom. The molecule has 19 heavy (non-hydrogen) atoms. The van der Waals surface area contributed by atoms with E-state index in [1.807, 2.05) is 6.92 Å². The van der Waals surface area contributed by atoms with Gasteiger partial charge < -0.3 is 4.74 Å². The molecule has 9 heteroatoms. The van der Waals surface area contributed by atoms with E-state index in [9.17, 15) is 13.2 Å². The minimum atomic E-state index is -3.75. The highest BCUT2D eigenvalue weighted by molar-refractivity contribution is 7.91. The van der Waals surface area contributed by atoms with E-state index in [0.29, 0.717) is 6.42 Å². The molecule has 0 unspecified atom stereocenters. The van der Waals surface area contributed by atoms with Crippen molar-refractivity contribution in [2.75, 3.05) is 19.7 Å². The molecule has 1 aromatic heterocycles. The first-order valence-electron chi connectivity index (χ1n) is 5.68. The van der Waals surface area contributed by atoms with Gasteiger partial charge in [-0.15, -0.1) is 0 Å². The zero-order valence-electron chi connectivity index (χ0n) is 10.6. The van der Waals surface area contributed by atoms with Crippen LogP contribution in [0.2, 0.25) is 4.47 Å². The molecule has 0 spiro atoms. The van der Waals surface area contributed by atoms with Gasteiger partial charge in [0.05, 0.1) is 12.8 Å². The van der Waals surface area contributed by atoms with Crippen LogP contribution in [0.4, 0.5) is 0 Å². The number of sulfonamides is 1. The Labute approximate surface area is 121 Å². The van der Waals surface area contributed by atoms with Crippen molar-refractivity contribution in [1.82, 2.24) is 9.29 Å². The van der Waals surface area contributed by atoms with E-state index < -0.39 is 16.0 Å². The van der Waals surface area contributed by atoms with Gasteiger partial charge in [0.25, 0.3) is 10.0 Å². The number of halogens is 1.